The smallest absolute Gasteiger partial charge is 0.272 e. The van der Waals surface area contributed by atoms with Crippen molar-refractivity contribution in [3.8, 4) is 0 Å². The molecule has 1 aromatic rings. The Bertz CT molecular complexity index is 367. The molecule has 0 fully saturated rings. The van der Waals surface area contributed by atoms with Crippen molar-refractivity contribution in [1.29, 1.82) is 0 Å². The van der Waals surface area contributed by atoms with Crippen LogP contribution in [0.3, 0.4) is 0 Å². The predicted molar refractivity (Wildman–Crippen MR) is 72.7 cm³/mol. The van der Waals surface area contributed by atoms with Gasteiger partial charge in [0, 0.05) is 6.04 Å². The van der Waals surface area contributed by atoms with Crippen molar-refractivity contribution in [2.45, 2.75) is 52.0 Å². The maximum absolute atomic E-state index is 11.8. The molecular weight excluding hydrogens is 250 g/mol. The second-order valence-electron chi connectivity index (χ2n) is 4.47. The zero-order valence-corrected chi connectivity index (χ0v) is 11.7. The maximum atomic E-state index is 11.8. The highest BCUT2D eigenvalue weighted by Gasteiger charge is 2.11. The number of carbonyl (C=O) groups is 1. The fraction of sp³-hybridized carbons (Fsp3) is 0.615. The van der Waals surface area contributed by atoms with E-state index >= 15 is 0 Å². The minimum absolute atomic E-state index is 0.159. The summed E-state index contributed by atoms with van der Waals surface area (Å²) < 4.78 is 0. The standard InChI is InChI=1S/C13H20ClN3O/c1-3-4-5-6-7-10(2)15-13(18)11-8-9-12(14)17-16-11/h8-10H,3-7H2,1-2H3,(H,15,18). The molecule has 0 aromatic carbocycles. The summed E-state index contributed by atoms with van der Waals surface area (Å²) in [6, 6.07) is 3.30. The molecule has 1 atom stereocenters. The van der Waals surface area contributed by atoms with E-state index in [1.807, 2.05) is 6.92 Å². The molecule has 1 amide bonds. The number of hydrogen-bond donors (Lipinski definition) is 1. The van der Waals surface area contributed by atoms with Gasteiger partial charge in [-0.3, -0.25) is 4.79 Å². The molecule has 0 saturated heterocycles. The van der Waals surface area contributed by atoms with E-state index in [2.05, 4.69) is 22.4 Å². The van der Waals surface area contributed by atoms with Crippen LogP contribution in [-0.4, -0.2) is 22.1 Å². The Kier molecular flexibility index (Phi) is 6.65. The Balaban J connectivity index is 2.33. The van der Waals surface area contributed by atoms with Crippen molar-refractivity contribution >= 4 is 17.5 Å². The van der Waals surface area contributed by atoms with E-state index in [0.717, 1.165) is 12.8 Å². The van der Waals surface area contributed by atoms with Crippen LogP contribution in [0.25, 0.3) is 0 Å². The first-order valence-electron chi connectivity index (χ1n) is 6.43. The predicted octanol–water partition coefficient (Wildman–Crippen LogP) is 3.22. The number of amides is 1. The molecule has 100 valence electrons. The molecule has 0 saturated carbocycles. The van der Waals surface area contributed by atoms with Gasteiger partial charge in [0.1, 0.15) is 0 Å². The molecule has 0 bridgehead atoms. The molecule has 1 N–H and O–H groups in total. The first kappa shape index (κ1) is 14.9. The molecule has 0 aliphatic carbocycles. The van der Waals surface area contributed by atoms with Crippen LogP contribution in [0.4, 0.5) is 0 Å². The molecule has 0 radical (unpaired) electrons. The number of nitrogens with one attached hydrogen (secondary N) is 1. The lowest BCUT2D eigenvalue weighted by molar-refractivity contribution is 0.0932. The molecule has 1 heterocycles. The van der Waals surface area contributed by atoms with Crippen molar-refractivity contribution in [3.63, 3.8) is 0 Å². The minimum Gasteiger partial charge on any atom is -0.348 e. The molecular formula is C13H20ClN3O. The molecule has 0 aliphatic heterocycles. The average Bonchev–Trinajstić information content (AvgIpc) is 2.35. The van der Waals surface area contributed by atoms with Crippen molar-refractivity contribution in [3.05, 3.63) is 23.0 Å². The van der Waals surface area contributed by atoms with Crippen LogP contribution in [0.15, 0.2) is 12.1 Å². The van der Waals surface area contributed by atoms with E-state index in [9.17, 15) is 4.79 Å². The number of halogens is 1. The number of nitrogens with zero attached hydrogens (tertiary/aromatic N) is 2. The molecule has 1 unspecified atom stereocenters. The van der Waals surface area contributed by atoms with Crippen molar-refractivity contribution < 1.29 is 4.79 Å². The van der Waals surface area contributed by atoms with E-state index in [4.69, 9.17) is 11.6 Å². The highest BCUT2D eigenvalue weighted by Crippen LogP contribution is 2.06. The van der Waals surface area contributed by atoms with Gasteiger partial charge in [0.15, 0.2) is 10.8 Å². The molecule has 4 nitrogen and oxygen atoms in total. The summed E-state index contributed by atoms with van der Waals surface area (Å²) in [6.45, 7) is 4.19. The summed E-state index contributed by atoms with van der Waals surface area (Å²) in [5.41, 5.74) is 0.305. The van der Waals surface area contributed by atoms with Gasteiger partial charge in [0.05, 0.1) is 0 Å². The van der Waals surface area contributed by atoms with Crippen LogP contribution < -0.4 is 5.32 Å². The molecule has 5 heteroatoms. The Morgan fingerprint density at radius 1 is 1.33 bits per heavy atom. The number of carbonyl (C=O) groups excluding carboxylic acids is 1. The van der Waals surface area contributed by atoms with Crippen LogP contribution >= 0.6 is 11.6 Å². The molecule has 1 aromatic heterocycles. The third kappa shape index (κ3) is 5.45. The molecule has 18 heavy (non-hydrogen) atoms. The number of aromatic nitrogens is 2. The molecule has 0 aliphatic rings. The average molecular weight is 270 g/mol. The summed E-state index contributed by atoms with van der Waals surface area (Å²) in [7, 11) is 0. The lowest BCUT2D eigenvalue weighted by Gasteiger charge is -2.13. The summed E-state index contributed by atoms with van der Waals surface area (Å²) in [4.78, 5) is 11.8. The van der Waals surface area contributed by atoms with Crippen molar-refractivity contribution in [2.75, 3.05) is 0 Å². The monoisotopic (exact) mass is 269 g/mol. The third-order valence-electron chi connectivity index (χ3n) is 2.73. The van der Waals surface area contributed by atoms with E-state index in [0.29, 0.717) is 10.8 Å². The zero-order valence-electron chi connectivity index (χ0n) is 10.9. The van der Waals surface area contributed by atoms with E-state index in [1.54, 1.807) is 12.1 Å². The largest absolute Gasteiger partial charge is 0.348 e. The second kappa shape index (κ2) is 8.03. The Labute approximate surface area is 113 Å². The highest BCUT2D eigenvalue weighted by atomic mass is 35.5. The van der Waals surface area contributed by atoms with Crippen LogP contribution in [0, 0.1) is 0 Å². The summed E-state index contributed by atoms with van der Waals surface area (Å²) in [5.74, 6) is -0.192. The lowest BCUT2D eigenvalue weighted by Crippen LogP contribution is -2.33. The van der Waals surface area contributed by atoms with Crippen LogP contribution in [0.1, 0.15) is 56.4 Å². The van der Waals surface area contributed by atoms with E-state index < -0.39 is 0 Å². The van der Waals surface area contributed by atoms with Crippen LogP contribution in [0.5, 0.6) is 0 Å². The van der Waals surface area contributed by atoms with Crippen molar-refractivity contribution in [1.82, 2.24) is 15.5 Å². The topological polar surface area (TPSA) is 54.9 Å². The van der Waals surface area contributed by atoms with Gasteiger partial charge in [0.2, 0.25) is 0 Å². The summed E-state index contributed by atoms with van der Waals surface area (Å²) >= 11 is 5.61. The fourth-order valence-electron chi connectivity index (χ4n) is 1.68. The fourth-order valence-corrected chi connectivity index (χ4v) is 1.79. The summed E-state index contributed by atoms with van der Waals surface area (Å²) in [5, 5.41) is 10.6. The Morgan fingerprint density at radius 3 is 2.72 bits per heavy atom. The van der Waals surface area contributed by atoms with Gasteiger partial charge < -0.3 is 5.32 Å². The van der Waals surface area contributed by atoms with E-state index in [-0.39, 0.29) is 11.9 Å². The minimum atomic E-state index is -0.192. The van der Waals surface area contributed by atoms with Gasteiger partial charge in [-0.25, -0.2) is 0 Å². The van der Waals surface area contributed by atoms with Crippen LogP contribution in [0.2, 0.25) is 5.15 Å². The first-order chi connectivity index (χ1) is 8.63. The molecule has 1 rings (SSSR count). The Morgan fingerprint density at radius 2 is 2.11 bits per heavy atom. The van der Waals surface area contributed by atoms with Gasteiger partial charge in [0.25, 0.3) is 5.91 Å². The second-order valence-corrected chi connectivity index (χ2v) is 4.85. The maximum Gasteiger partial charge on any atom is 0.272 e. The first-order valence-corrected chi connectivity index (χ1v) is 6.81. The zero-order chi connectivity index (χ0) is 13.4. The van der Waals surface area contributed by atoms with Gasteiger partial charge in [-0.1, -0.05) is 44.2 Å². The highest BCUT2D eigenvalue weighted by molar-refractivity contribution is 6.29. The van der Waals surface area contributed by atoms with Crippen molar-refractivity contribution in [2.24, 2.45) is 0 Å². The van der Waals surface area contributed by atoms with Gasteiger partial charge >= 0.3 is 0 Å². The molecule has 0 spiro atoms. The third-order valence-corrected chi connectivity index (χ3v) is 2.93. The van der Waals surface area contributed by atoms with Gasteiger partial charge in [-0.15, -0.1) is 10.2 Å². The van der Waals surface area contributed by atoms with Gasteiger partial charge in [-0.05, 0) is 25.5 Å². The summed E-state index contributed by atoms with van der Waals surface area (Å²) in [6.07, 6.45) is 5.83. The SMILES string of the molecule is CCCCCCC(C)NC(=O)c1ccc(Cl)nn1. The lowest BCUT2D eigenvalue weighted by atomic mass is 10.1. The van der Waals surface area contributed by atoms with E-state index in [1.165, 1.54) is 19.3 Å². The number of rotatable bonds is 7. The Hall–Kier alpha value is -1.16. The normalized spacial score (nSPS) is 12.2. The van der Waals surface area contributed by atoms with Crippen LogP contribution in [-0.2, 0) is 0 Å². The quantitative estimate of drug-likeness (QED) is 0.773. The number of unbranched alkanes of at least 4 members (excludes halogenated alkanes) is 3. The number of hydrogen-bond acceptors (Lipinski definition) is 3. The van der Waals surface area contributed by atoms with Gasteiger partial charge in [-0.2, -0.15) is 0 Å².